The van der Waals surface area contributed by atoms with Crippen molar-refractivity contribution in [1.82, 2.24) is 15.3 Å². The summed E-state index contributed by atoms with van der Waals surface area (Å²) in [7, 11) is 0. The molecule has 7 nitrogen and oxygen atoms in total. The van der Waals surface area contributed by atoms with Crippen molar-refractivity contribution in [2.45, 2.75) is 39.3 Å². The van der Waals surface area contributed by atoms with Gasteiger partial charge in [0.1, 0.15) is 11.6 Å². The van der Waals surface area contributed by atoms with Crippen LogP contribution in [0.2, 0.25) is 0 Å². The molecule has 160 valence electrons. The van der Waals surface area contributed by atoms with Gasteiger partial charge >= 0.3 is 0 Å². The lowest BCUT2D eigenvalue weighted by Gasteiger charge is -2.32. The van der Waals surface area contributed by atoms with Gasteiger partial charge in [-0.2, -0.15) is 9.97 Å². The minimum absolute atomic E-state index is 0.134. The number of anilines is 3. The molecule has 2 N–H and O–H groups in total. The van der Waals surface area contributed by atoms with Crippen LogP contribution < -0.4 is 20.4 Å². The molecule has 2 aliphatic heterocycles. The van der Waals surface area contributed by atoms with Gasteiger partial charge in [0.05, 0.1) is 13.2 Å². The smallest absolute Gasteiger partial charge is 0.232 e. The molecule has 1 aromatic carbocycles. The molecule has 0 spiro atoms. The fourth-order valence-electron chi connectivity index (χ4n) is 3.76. The molecule has 0 aliphatic carbocycles. The quantitative estimate of drug-likeness (QED) is 0.727. The van der Waals surface area contributed by atoms with E-state index >= 15 is 0 Å². The summed E-state index contributed by atoms with van der Waals surface area (Å²) in [5.41, 5.74) is 2.64. The fourth-order valence-corrected chi connectivity index (χ4v) is 4.16. The summed E-state index contributed by atoms with van der Waals surface area (Å²) in [6, 6.07) is 10.7. The number of nitrogens with one attached hydrogen (secondary N) is 2. The third-order valence-corrected chi connectivity index (χ3v) is 5.41. The SMILES string of the molecule is CC(C)(C)NC(=S)Nc1nc(N2CCOCC2)cc(N2CCc3ccccc3C2)n1. The number of benzene rings is 1. The van der Waals surface area contributed by atoms with Crippen molar-refractivity contribution in [2.75, 3.05) is 48.0 Å². The molecule has 1 aromatic heterocycles. The molecule has 2 aromatic rings. The molecule has 30 heavy (non-hydrogen) atoms. The molecule has 4 rings (SSSR count). The van der Waals surface area contributed by atoms with E-state index in [0.717, 1.165) is 44.2 Å². The molecule has 8 heteroatoms. The zero-order valence-electron chi connectivity index (χ0n) is 17.9. The second kappa shape index (κ2) is 8.73. The first-order chi connectivity index (χ1) is 14.4. The maximum absolute atomic E-state index is 5.51. The zero-order chi connectivity index (χ0) is 21.1. The number of hydrogen-bond donors (Lipinski definition) is 2. The predicted molar refractivity (Wildman–Crippen MR) is 125 cm³/mol. The summed E-state index contributed by atoms with van der Waals surface area (Å²) in [6.07, 6.45) is 1.01. The molecule has 0 unspecified atom stereocenters. The van der Waals surface area contributed by atoms with E-state index in [1.807, 2.05) is 0 Å². The highest BCUT2D eigenvalue weighted by Crippen LogP contribution is 2.27. The van der Waals surface area contributed by atoms with Crippen molar-refractivity contribution >= 4 is 34.9 Å². The number of nitrogens with zero attached hydrogens (tertiary/aromatic N) is 4. The van der Waals surface area contributed by atoms with Crippen molar-refractivity contribution in [3.8, 4) is 0 Å². The Morgan fingerprint density at radius 3 is 2.37 bits per heavy atom. The minimum Gasteiger partial charge on any atom is -0.378 e. The second-order valence-corrected chi connectivity index (χ2v) is 9.19. The summed E-state index contributed by atoms with van der Waals surface area (Å²) in [5, 5.41) is 6.99. The van der Waals surface area contributed by atoms with Crippen molar-refractivity contribution in [1.29, 1.82) is 0 Å². The molecule has 0 radical (unpaired) electrons. The minimum atomic E-state index is -0.134. The Labute approximate surface area is 183 Å². The molecule has 0 saturated carbocycles. The van der Waals surface area contributed by atoms with Gasteiger partial charge in [0.2, 0.25) is 5.95 Å². The van der Waals surface area contributed by atoms with Crippen molar-refractivity contribution in [3.63, 3.8) is 0 Å². The van der Waals surface area contributed by atoms with Gasteiger partial charge in [-0.05, 0) is 50.5 Å². The highest BCUT2D eigenvalue weighted by Gasteiger charge is 2.22. The van der Waals surface area contributed by atoms with Crippen LogP contribution >= 0.6 is 12.2 Å². The zero-order valence-corrected chi connectivity index (χ0v) is 18.8. The average Bonchev–Trinajstić information content (AvgIpc) is 2.72. The number of ether oxygens (including phenoxy) is 1. The maximum Gasteiger partial charge on any atom is 0.232 e. The van der Waals surface area contributed by atoms with Crippen LogP contribution in [-0.4, -0.2) is 53.5 Å². The Hall–Kier alpha value is -2.45. The number of morpholine rings is 1. The summed E-state index contributed by atoms with van der Waals surface area (Å²) in [5.74, 6) is 2.35. The van der Waals surface area contributed by atoms with Crippen LogP contribution in [0.5, 0.6) is 0 Å². The van der Waals surface area contributed by atoms with Gasteiger partial charge in [0.25, 0.3) is 0 Å². The third-order valence-electron chi connectivity index (χ3n) is 5.20. The highest BCUT2D eigenvalue weighted by molar-refractivity contribution is 7.80. The molecular weight excluding hydrogens is 396 g/mol. The van der Waals surface area contributed by atoms with Crippen LogP contribution in [0.3, 0.4) is 0 Å². The number of thiocarbonyl (C=S) groups is 1. The number of aromatic nitrogens is 2. The Morgan fingerprint density at radius 2 is 1.67 bits per heavy atom. The first kappa shape index (κ1) is 20.8. The second-order valence-electron chi connectivity index (χ2n) is 8.78. The largest absolute Gasteiger partial charge is 0.378 e. The summed E-state index contributed by atoms with van der Waals surface area (Å²) in [6.45, 7) is 11.1. The lowest BCUT2D eigenvalue weighted by molar-refractivity contribution is 0.122. The van der Waals surface area contributed by atoms with Gasteiger partial charge in [-0.15, -0.1) is 0 Å². The number of hydrogen-bond acceptors (Lipinski definition) is 6. The van der Waals surface area contributed by atoms with E-state index in [-0.39, 0.29) is 5.54 Å². The first-order valence-corrected chi connectivity index (χ1v) is 10.9. The standard InChI is InChI=1S/C22H30N6OS/c1-22(2,3)26-21(30)25-20-23-18(27-10-12-29-13-11-27)14-19(24-20)28-9-8-16-6-4-5-7-17(16)15-28/h4-7,14H,8-13,15H2,1-3H3,(H2,23,24,25,26,30). The summed E-state index contributed by atoms with van der Waals surface area (Å²) < 4.78 is 5.51. The summed E-state index contributed by atoms with van der Waals surface area (Å²) in [4.78, 5) is 14.1. The molecule has 3 heterocycles. The molecule has 0 amide bonds. The molecule has 0 bridgehead atoms. The Kier molecular flexibility index (Phi) is 6.06. The van der Waals surface area contributed by atoms with Gasteiger partial charge in [0.15, 0.2) is 5.11 Å². The van der Waals surface area contributed by atoms with Gasteiger partial charge in [-0.25, -0.2) is 0 Å². The predicted octanol–water partition coefficient (Wildman–Crippen LogP) is 2.96. The lowest BCUT2D eigenvalue weighted by atomic mass is 10.00. The van der Waals surface area contributed by atoms with E-state index in [1.165, 1.54) is 11.1 Å². The highest BCUT2D eigenvalue weighted by atomic mass is 32.1. The van der Waals surface area contributed by atoms with Crippen molar-refractivity contribution in [2.24, 2.45) is 0 Å². The van der Waals surface area contributed by atoms with Crippen molar-refractivity contribution in [3.05, 3.63) is 41.5 Å². The van der Waals surface area contributed by atoms with Crippen LogP contribution in [0.1, 0.15) is 31.9 Å². The van der Waals surface area contributed by atoms with E-state index in [2.05, 4.69) is 71.5 Å². The first-order valence-electron chi connectivity index (χ1n) is 10.5. The molecule has 1 fully saturated rings. The van der Waals surface area contributed by atoms with Gasteiger partial charge in [-0.3, -0.25) is 0 Å². The molecule has 1 saturated heterocycles. The monoisotopic (exact) mass is 426 g/mol. The Bertz CT molecular complexity index is 907. The van der Waals surface area contributed by atoms with E-state index in [4.69, 9.17) is 26.9 Å². The Morgan fingerprint density at radius 1 is 1.00 bits per heavy atom. The van der Waals surface area contributed by atoms with Crippen LogP contribution in [0.4, 0.5) is 17.6 Å². The van der Waals surface area contributed by atoms with E-state index in [0.29, 0.717) is 24.3 Å². The fraction of sp³-hybridized carbons (Fsp3) is 0.500. The van der Waals surface area contributed by atoms with E-state index in [1.54, 1.807) is 0 Å². The lowest BCUT2D eigenvalue weighted by Crippen LogP contribution is -2.43. The maximum atomic E-state index is 5.51. The van der Waals surface area contributed by atoms with E-state index in [9.17, 15) is 0 Å². The van der Waals surface area contributed by atoms with Crippen LogP contribution in [0, 0.1) is 0 Å². The molecule has 2 aliphatic rings. The van der Waals surface area contributed by atoms with Gasteiger partial charge in [-0.1, -0.05) is 24.3 Å². The molecular formula is C22H30N6OS. The number of fused-ring (bicyclic) bond motifs is 1. The van der Waals surface area contributed by atoms with Gasteiger partial charge < -0.3 is 25.2 Å². The van der Waals surface area contributed by atoms with E-state index < -0.39 is 0 Å². The van der Waals surface area contributed by atoms with Crippen LogP contribution in [0.25, 0.3) is 0 Å². The Balaban J connectivity index is 1.61. The topological polar surface area (TPSA) is 65.6 Å². The molecule has 0 atom stereocenters. The number of rotatable bonds is 3. The van der Waals surface area contributed by atoms with Crippen molar-refractivity contribution < 1.29 is 4.74 Å². The third kappa shape index (κ3) is 5.17. The average molecular weight is 427 g/mol. The summed E-state index contributed by atoms with van der Waals surface area (Å²) >= 11 is 5.49. The van der Waals surface area contributed by atoms with Crippen LogP contribution in [0.15, 0.2) is 30.3 Å². The normalized spacial score (nSPS) is 16.8. The van der Waals surface area contributed by atoms with Gasteiger partial charge in [0, 0.05) is 37.8 Å². The van der Waals surface area contributed by atoms with Crippen LogP contribution in [-0.2, 0) is 17.7 Å².